The van der Waals surface area contributed by atoms with Crippen molar-refractivity contribution in [2.24, 2.45) is 0 Å². The van der Waals surface area contributed by atoms with Gasteiger partial charge < -0.3 is 23.7 Å². The van der Waals surface area contributed by atoms with Gasteiger partial charge in [-0.25, -0.2) is 19.2 Å². The van der Waals surface area contributed by atoms with E-state index in [1.54, 1.807) is 48.5 Å². The fourth-order valence-corrected chi connectivity index (χ4v) is 4.10. The van der Waals surface area contributed by atoms with Crippen molar-refractivity contribution in [1.82, 2.24) is 0 Å². The zero-order valence-corrected chi connectivity index (χ0v) is 21.3. The van der Waals surface area contributed by atoms with E-state index in [2.05, 4.69) is 0 Å². The van der Waals surface area contributed by atoms with Crippen molar-refractivity contribution in [3.05, 3.63) is 82.2 Å². The number of rotatable bonds is 7. The Hall–Kier alpha value is -4.60. The number of hydrogen-bond donors (Lipinski definition) is 0. The summed E-state index contributed by atoms with van der Waals surface area (Å²) in [5, 5.41) is 0. The molecule has 0 amide bonds. The van der Waals surface area contributed by atoms with Crippen molar-refractivity contribution in [2.75, 3.05) is 40.4 Å². The maximum absolute atomic E-state index is 13.3. The highest BCUT2D eigenvalue weighted by molar-refractivity contribution is 6.14. The zero-order valence-electron chi connectivity index (χ0n) is 21.3. The van der Waals surface area contributed by atoms with Gasteiger partial charge in [0.25, 0.3) is 0 Å². The van der Waals surface area contributed by atoms with Crippen molar-refractivity contribution in [1.29, 1.82) is 0 Å². The van der Waals surface area contributed by atoms with Gasteiger partial charge in [0.1, 0.15) is 17.1 Å². The molecule has 0 aliphatic carbocycles. The van der Waals surface area contributed by atoms with E-state index in [4.69, 9.17) is 23.7 Å². The molecule has 2 aromatic carbocycles. The van der Waals surface area contributed by atoms with Crippen LogP contribution in [0, 0.1) is 6.92 Å². The van der Waals surface area contributed by atoms with Crippen LogP contribution in [0.4, 0.5) is 5.69 Å². The monoisotopic (exact) mass is 509 g/mol. The Kier molecular flexibility index (Phi) is 8.33. The standard InChI is InChI=1S/C27H27NO9/c1-15-7-11-17(12-8-15)28-22(26(31)36-5)20(24(29)34-3)19(16-9-13-18(33-2)14-10-16)21(25(30)35-4)23(28)27(32)37-6/h7-14,19H,1-6H3. The lowest BCUT2D eigenvalue weighted by Crippen LogP contribution is -2.42. The highest BCUT2D eigenvalue weighted by Gasteiger charge is 2.48. The molecule has 1 aliphatic rings. The van der Waals surface area contributed by atoms with Crippen molar-refractivity contribution >= 4 is 29.6 Å². The molecule has 0 aromatic heterocycles. The van der Waals surface area contributed by atoms with Gasteiger partial charge in [-0.1, -0.05) is 29.8 Å². The average molecular weight is 510 g/mol. The van der Waals surface area contributed by atoms with E-state index in [1.165, 1.54) is 7.11 Å². The van der Waals surface area contributed by atoms with E-state index < -0.39 is 29.8 Å². The molecule has 0 N–H and O–H groups in total. The van der Waals surface area contributed by atoms with E-state index in [-0.39, 0.29) is 22.5 Å². The molecule has 37 heavy (non-hydrogen) atoms. The van der Waals surface area contributed by atoms with Crippen LogP contribution in [0.2, 0.25) is 0 Å². The number of carbonyl (C=O) groups is 4. The minimum atomic E-state index is -1.25. The number of hydrogen-bond acceptors (Lipinski definition) is 10. The summed E-state index contributed by atoms with van der Waals surface area (Å²) in [5.74, 6) is -4.45. The van der Waals surface area contributed by atoms with Crippen LogP contribution < -0.4 is 9.64 Å². The minimum absolute atomic E-state index is 0.229. The summed E-state index contributed by atoms with van der Waals surface area (Å²) in [5.41, 5.74) is 0.487. The van der Waals surface area contributed by atoms with Gasteiger partial charge in [0.15, 0.2) is 0 Å². The first-order chi connectivity index (χ1) is 17.7. The number of nitrogens with zero attached hydrogens (tertiary/aromatic N) is 1. The second kappa shape index (κ2) is 11.4. The molecule has 3 rings (SSSR count). The van der Waals surface area contributed by atoms with E-state index in [0.717, 1.165) is 38.9 Å². The third kappa shape index (κ3) is 5.04. The van der Waals surface area contributed by atoms with E-state index >= 15 is 0 Å². The van der Waals surface area contributed by atoms with Crippen LogP contribution in [0.3, 0.4) is 0 Å². The second-order valence-electron chi connectivity index (χ2n) is 7.87. The maximum Gasteiger partial charge on any atom is 0.355 e. The highest BCUT2D eigenvalue weighted by Crippen LogP contribution is 2.45. The van der Waals surface area contributed by atoms with Gasteiger partial charge in [0.2, 0.25) is 0 Å². The van der Waals surface area contributed by atoms with Crippen LogP contribution in [-0.4, -0.2) is 59.4 Å². The molecule has 10 heteroatoms. The van der Waals surface area contributed by atoms with Gasteiger partial charge in [0, 0.05) is 5.69 Å². The number of benzene rings is 2. The lowest BCUT2D eigenvalue weighted by atomic mass is 9.79. The normalized spacial score (nSPS) is 13.7. The Morgan fingerprint density at radius 3 is 1.43 bits per heavy atom. The Bertz CT molecular complexity index is 1220. The quantitative estimate of drug-likeness (QED) is 0.407. The van der Waals surface area contributed by atoms with Crippen molar-refractivity contribution in [3.63, 3.8) is 0 Å². The SMILES string of the molecule is COC(=O)C1=C(C(=O)OC)N(c2ccc(C)cc2)C(C(=O)OC)=C(C(=O)OC)C1c1ccc(OC)cc1. The number of methoxy groups -OCH3 is 5. The average Bonchev–Trinajstić information content (AvgIpc) is 2.94. The molecule has 194 valence electrons. The van der Waals surface area contributed by atoms with Gasteiger partial charge >= 0.3 is 23.9 Å². The van der Waals surface area contributed by atoms with Crippen molar-refractivity contribution in [3.8, 4) is 5.75 Å². The third-order valence-electron chi connectivity index (χ3n) is 5.84. The van der Waals surface area contributed by atoms with Crippen molar-refractivity contribution < 1.29 is 42.9 Å². The molecular weight excluding hydrogens is 482 g/mol. The predicted octanol–water partition coefficient (Wildman–Crippen LogP) is 2.81. The van der Waals surface area contributed by atoms with Gasteiger partial charge in [-0.15, -0.1) is 0 Å². The Morgan fingerprint density at radius 2 is 1.05 bits per heavy atom. The summed E-state index contributed by atoms with van der Waals surface area (Å²) in [7, 11) is 6.04. The van der Waals surface area contributed by atoms with Crippen LogP contribution in [0.15, 0.2) is 71.1 Å². The van der Waals surface area contributed by atoms with Crippen LogP contribution in [0.5, 0.6) is 5.75 Å². The summed E-state index contributed by atoms with van der Waals surface area (Å²) in [4.78, 5) is 54.4. The highest BCUT2D eigenvalue weighted by atomic mass is 16.5. The molecule has 0 spiro atoms. The van der Waals surface area contributed by atoms with E-state index in [9.17, 15) is 19.2 Å². The number of ether oxygens (including phenoxy) is 5. The second-order valence-corrected chi connectivity index (χ2v) is 7.87. The molecule has 1 aliphatic heterocycles. The lowest BCUT2D eigenvalue weighted by Gasteiger charge is -2.37. The summed E-state index contributed by atoms with van der Waals surface area (Å²) in [6.07, 6.45) is 0. The summed E-state index contributed by atoms with van der Waals surface area (Å²) >= 11 is 0. The largest absolute Gasteiger partial charge is 0.497 e. The Morgan fingerprint density at radius 1 is 0.622 bits per heavy atom. The van der Waals surface area contributed by atoms with E-state index in [1.807, 2.05) is 6.92 Å². The molecule has 0 unspecified atom stereocenters. The fourth-order valence-electron chi connectivity index (χ4n) is 4.10. The number of aryl methyl sites for hydroxylation is 1. The maximum atomic E-state index is 13.3. The molecule has 10 nitrogen and oxygen atoms in total. The first-order valence-electron chi connectivity index (χ1n) is 11.1. The van der Waals surface area contributed by atoms with Crippen LogP contribution in [0.1, 0.15) is 17.0 Å². The molecule has 0 saturated heterocycles. The topological polar surface area (TPSA) is 118 Å². The molecular formula is C27H27NO9. The fraction of sp³-hybridized carbons (Fsp3) is 0.259. The smallest absolute Gasteiger partial charge is 0.355 e. The van der Waals surface area contributed by atoms with Gasteiger partial charge in [-0.2, -0.15) is 0 Å². The van der Waals surface area contributed by atoms with Crippen LogP contribution in [0.25, 0.3) is 0 Å². The number of esters is 4. The molecule has 0 atom stereocenters. The van der Waals surface area contributed by atoms with Crippen LogP contribution >= 0.6 is 0 Å². The summed E-state index contributed by atoms with van der Waals surface area (Å²) in [6.45, 7) is 1.85. The zero-order chi connectivity index (χ0) is 27.3. The van der Waals surface area contributed by atoms with Crippen molar-refractivity contribution in [2.45, 2.75) is 12.8 Å². The summed E-state index contributed by atoms with van der Waals surface area (Å²) < 4.78 is 25.4. The molecule has 0 fully saturated rings. The van der Waals surface area contributed by atoms with Crippen LogP contribution in [-0.2, 0) is 38.1 Å². The van der Waals surface area contributed by atoms with Gasteiger partial charge in [0.05, 0.1) is 52.6 Å². The van der Waals surface area contributed by atoms with Gasteiger partial charge in [-0.3, -0.25) is 4.90 Å². The molecule has 0 bridgehead atoms. The van der Waals surface area contributed by atoms with Gasteiger partial charge in [-0.05, 0) is 36.8 Å². The first-order valence-corrected chi connectivity index (χ1v) is 11.1. The molecule has 2 aromatic rings. The molecule has 0 radical (unpaired) electrons. The number of carbonyl (C=O) groups excluding carboxylic acids is 4. The predicted molar refractivity (Wildman–Crippen MR) is 132 cm³/mol. The first kappa shape index (κ1) is 27.0. The van der Waals surface area contributed by atoms with E-state index in [0.29, 0.717) is 17.0 Å². The Labute approximate surface area is 214 Å². The Balaban J connectivity index is 2.55. The minimum Gasteiger partial charge on any atom is -0.497 e. The number of anilines is 1. The summed E-state index contributed by atoms with van der Waals surface area (Å²) in [6, 6.07) is 13.1. The molecule has 0 saturated carbocycles. The lowest BCUT2D eigenvalue weighted by molar-refractivity contribution is -0.141. The third-order valence-corrected chi connectivity index (χ3v) is 5.84. The molecule has 1 heterocycles.